The molecule has 0 spiro atoms. The summed E-state index contributed by atoms with van der Waals surface area (Å²) in [5, 5.41) is 2.51. The van der Waals surface area contributed by atoms with Crippen LogP contribution in [0.2, 0.25) is 0 Å². The van der Waals surface area contributed by atoms with Gasteiger partial charge in [0, 0.05) is 66.9 Å². The number of hydrogen-bond acceptors (Lipinski definition) is 1. The first kappa shape index (κ1) is 28.5. The summed E-state index contributed by atoms with van der Waals surface area (Å²) in [7, 11) is 1.98. The van der Waals surface area contributed by atoms with Gasteiger partial charge >= 0.3 is 0 Å². The topological polar surface area (TPSA) is 26.6 Å². The van der Waals surface area contributed by atoms with Gasteiger partial charge in [-0.05, 0) is 40.1 Å². The van der Waals surface area contributed by atoms with Crippen LogP contribution in [0.4, 0.5) is 0 Å². The van der Waals surface area contributed by atoms with Crippen molar-refractivity contribution in [3.63, 3.8) is 0 Å². The standard InChI is InChI=1S/C39H32N4.Pt/c1-38(2,3)27-18-19-40-34(24-27)26-16-17-36-33(22-26)39(4,28-10-8-11-29(23-28)42-21-20-41(5)25-42)32-14-9-13-31-30-12-6-7-15-35(30)43(36)37(31)32;/h6-21,24H,1-5H3;/q-2;. The summed E-state index contributed by atoms with van der Waals surface area (Å²) in [6, 6.07) is 38.3. The second-order valence-electron chi connectivity index (χ2n) is 12.8. The maximum Gasteiger partial charge on any atom is 0.241 e. The summed E-state index contributed by atoms with van der Waals surface area (Å²) in [5.74, 6) is 0. The molecule has 1 aliphatic heterocycles. The number of aromatic nitrogens is 4. The maximum absolute atomic E-state index is 4.82. The Morgan fingerprint density at radius 1 is 0.864 bits per heavy atom. The fraction of sp³-hybridized carbons (Fsp3) is 0.179. The predicted molar refractivity (Wildman–Crippen MR) is 172 cm³/mol. The molecule has 0 N–H and O–H groups in total. The second-order valence-corrected chi connectivity index (χ2v) is 12.8. The Morgan fingerprint density at radius 3 is 2.45 bits per heavy atom. The molecule has 0 fully saturated rings. The molecule has 0 aliphatic carbocycles. The van der Waals surface area contributed by atoms with E-state index in [1.165, 1.54) is 32.9 Å². The van der Waals surface area contributed by atoms with Crippen molar-refractivity contribution in [1.82, 2.24) is 14.1 Å². The molecule has 4 nitrogen and oxygen atoms in total. The first-order valence-electron chi connectivity index (χ1n) is 14.8. The van der Waals surface area contributed by atoms with Crippen LogP contribution in [0, 0.1) is 18.5 Å². The van der Waals surface area contributed by atoms with E-state index in [1.54, 1.807) is 0 Å². The zero-order valence-corrected chi connectivity index (χ0v) is 27.7. The van der Waals surface area contributed by atoms with E-state index in [9.17, 15) is 0 Å². The van der Waals surface area contributed by atoms with Gasteiger partial charge in [0.2, 0.25) is 6.33 Å². The van der Waals surface area contributed by atoms with E-state index in [0.717, 1.165) is 33.8 Å². The average Bonchev–Trinajstić information content (AvgIpc) is 3.61. The molecule has 5 heteroatoms. The summed E-state index contributed by atoms with van der Waals surface area (Å²) < 4.78 is 6.35. The summed E-state index contributed by atoms with van der Waals surface area (Å²) in [6.07, 6.45) is 9.27. The Morgan fingerprint density at radius 2 is 1.66 bits per heavy atom. The van der Waals surface area contributed by atoms with Gasteiger partial charge in [0.25, 0.3) is 0 Å². The summed E-state index contributed by atoms with van der Waals surface area (Å²) >= 11 is 0. The van der Waals surface area contributed by atoms with Crippen molar-refractivity contribution in [2.24, 2.45) is 7.05 Å². The van der Waals surface area contributed by atoms with Crippen molar-refractivity contribution in [2.45, 2.75) is 38.5 Å². The normalized spacial score (nSPS) is 15.8. The Bertz CT molecular complexity index is 2210. The van der Waals surface area contributed by atoms with Crippen LogP contribution < -0.4 is 4.57 Å². The number of fused-ring (bicyclic) bond motifs is 5. The van der Waals surface area contributed by atoms with Crippen LogP contribution in [-0.4, -0.2) is 14.1 Å². The minimum atomic E-state index is -0.526. The van der Waals surface area contributed by atoms with E-state index in [1.807, 2.05) is 34.8 Å². The van der Waals surface area contributed by atoms with Crippen molar-refractivity contribution in [3.8, 4) is 22.6 Å². The number of aryl methyl sites for hydroxylation is 1. The summed E-state index contributed by atoms with van der Waals surface area (Å²) in [4.78, 5) is 4.82. The molecule has 44 heavy (non-hydrogen) atoms. The summed E-state index contributed by atoms with van der Waals surface area (Å²) in [5.41, 5.74) is 10.7. The van der Waals surface area contributed by atoms with Crippen LogP contribution in [0.5, 0.6) is 0 Å². The van der Waals surface area contributed by atoms with Crippen LogP contribution in [0.15, 0.2) is 104 Å². The molecule has 0 amide bonds. The second kappa shape index (κ2) is 10.1. The fourth-order valence-corrected chi connectivity index (χ4v) is 6.76. The van der Waals surface area contributed by atoms with Gasteiger partial charge < -0.3 is 18.7 Å². The Balaban J connectivity index is 0.00000312. The molecule has 0 saturated carbocycles. The van der Waals surface area contributed by atoms with Crippen LogP contribution in [-0.2, 0) is 38.9 Å². The first-order chi connectivity index (χ1) is 20.7. The number of benzene rings is 4. The minimum absolute atomic E-state index is 0. The van der Waals surface area contributed by atoms with E-state index < -0.39 is 5.41 Å². The zero-order chi connectivity index (χ0) is 29.5. The SMILES string of the molecule is C[n+]1[c-]n(-c2[c-]c(C3(C)c4[c-]c(-c5cc(C(C)(C)C)ccn5)ccc4-n4c5ccccc5c5cccc3c54)ccc2)cc1.[Pt]. The molecule has 1 aliphatic rings. The largest absolute Gasteiger partial charge is 0.350 e. The quantitative estimate of drug-likeness (QED) is 0.134. The van der Waals surface area contributed by atoms with Gasteiger partial charge in [0.05, 0.1) is 7.05 Å². The van der Waals surface area contributed by atoms with Gasteiger partial charge in [-0.2, -0.15) is 29.8 Å². The number of rotatable bonds is 3. The third-order valence-electron chi connectivity index (χ3n) is 9.08. The van der Waals surface area contributed by atoms with E-state index >= 15 is 0 Å². The van der Waals surface area contributed by atoms with Crippen LogP contribution in [0.25, 0.3) is 44.4 Å². The van der Waals surface area contributed by atoms with E-state index in [0.29, 0.717) is 0 Å². The van der Waals surface area contributed by atoms with Crippen molar-refractivity contribution in [2.75, 3.05) is 0 Å². The van der Waals surface area contributed by atoms with Gasteiger partial charge in [0.15, 0.2) is 0 Å². The van der Waals surface area contributed by atoms with Crippen LogP contribution in [0.1, 0.15) is 49.9 Å². The van der Waals surface area contributed by atoms with Crippen molar-refractivity contribution < 1.29 is 25.6 Å². The molecule has 0 radical (unpaired) electrons. The van der Waals surface area contributed by atoms with E-state index in [2.05, 4.69) is 136 Å². The molecular weight excluding hydrogens is 720 g/mol. The number of imidazole rings is 1. The van der Waals surface area contributed by atoms with Crippen LogP contribution >= 0.6 is 0 Å². The molecule has 0 saturated heterocycles. The van der Waals surface area contributed by atoms with Gasteiger partial charge in [-0.15, -0.1) is 23.8 Å². The van der Waals surface area contributed by atoms with Gasteiger partial charge in [-0.3, -0.25) is 0 Å². The molecule has 4 aromatic carbocycles. The molecule has 4 heterocycles. The van der Waals surface area contributed by atoms with E-state index in [4.69, 9.17) is 4.98 Å². The number of hydrogen-bond donors (Lipinski definition) is 0. The van der Waals surface area contributed by atoms with Gasteiger partial charge in [-0.25, -0.2) is 0 Å². The number of para-hydroxylation sites is 2. The summed E-state index contributed by atoms with van der Waals surface area (Å²) in [6.45, 7) is 9.05. The maximum atomic E-state index is 4.82. The smallest absolute Gasteiger partial charge is 0.241 e. The minimum Gasteiger partial charge on any atom is -0.350 e. The molecule has 0 bridgehead atoms. The molecular formula is C39H32N4Pt-2. The van der Waals surface area contributed by atoms with Gasteiger partial charge in [0.1, 0.15) is 0 Å². The van der Waals surface area contributed by atoms with Crippen molar-refractivity contribution >= 4 is 21.8 Å². The molecule has 8 rings (SSSR count). The Kier molecular flexibility index (Phi) is 6.57. The molecule has 1 atom stereocenters. The monoisotopic (exact) mass is 751 g/mol. The molecule has 7 aromatic rings. The predicted octanol–water partition coefficient (Wildman–Crippen LogP) is 7.82. The Labute approximate surface area is 272 Å². The van der Waals surface area contributed by atoms with Gasteiger partial charge in [-0.1, -0.05) is 81.4 Å². The number of nitrogens with zero attached hydrogens (tertiary/aromatic N) is 4. The van der Waals surface area contributed by atoms with E-state index in [-0.39, 0.29) is 26.5 Å². The zero-order valence-electron chi connectivity index (χ0n) is 25.4. The van der Waals surface area contributed by atoms with Crippen molar-refractivity contribution in [1.29, 1.82) is 0 Å². The Hall–Kier alpha value is -4.27. The number of pyridine rings is 1. The fourth-order valence-electron chi connectivity index (χ4n) is 6.76. The average molecular weight is 752 g/mol. The van der Waals surface area contributed by atoms with Crippen molar-refractivity contribution in [3.05, 3.63) is 144 Å². The first-order valence-corrected chi connectivity index (χ1v) is 14.8. The molecule has 220 valence electrons. The molecule has 1 unspecified atom stereocenters. The molecule has 3 aromatic heterocycles. The third-order valence-corrected chi connectivity index (χ3v) is 9.08. The van der Waals surface area contributed by atoms with Crippen LogP contribution in [0.3, 0.4) is 0 Å². The third kappa shape index (κ3) is 4.15.